The lowest BCUT2D eigenvalue weighted by Crippen LogP contribution is -2.31. The number of thiophene rings is 2. The van der Waals surface area contributed by atoms with Crippen LogP contribution >= 0.6 is 34.4 Å². The van der Waals surface area contributed by atoms with Gasteiger partial charge in [-0.25, -0.2) is 4.98 Å². The van der Waals surface area contributed by atoms with Crippen molar-refractivity contribution in [1.29, 1.82) is 0 Å². The van der Waals surface area contributed by atoms with Gasteiger partial charge in [0.2, 0.25) is 5.91 Å². The number of nitrogens with one attached hydrogen (secondary N) is 1. The highest BCUT2D eigenvalue weighted by molar-refractivity contribution is 8.00. The average Bonchev–Trinajstić information content (AvgIpc) is 3.45. The first-order valence-electron chi connectivity index (χ1n) is 9.74. The van der Waals surface area contributed by atoms with Crippen LogP contribution in [0.4, 0.5) is 0 Å². The number of rotatable bonds is 8. The summed E-state index contributed by atoms with van der Waals surface area (Å²) in [6, 6.07) is 15.8. The molecular weight excluding hydrogens is 446 g/mol. The third-order valence-corrected chi connectivity index (χ3v) is 7.77. The Morgan fingerprint density at radius 1 is 1.29 bits per heavy atom. The summed E-state index contributed by atoms with van der Waals surface area (Å²) < 4.78 is 2.20. The van der Waals surface area contributed by atoms with Crippen LogP contribution in [0, 0.1) is 0 Å². The van der Waals surface area contributed by atoms with Crippen LogP contribution in [0.15, 0.2) is 76.5 Å². The number of amides is 1. The number of allylic oxidation sites excluding steroid dienone is 1. The van der Waals surface area contributed by atoms with Crippen molar-refractivity contribution in [2.45, 2.75) is 30.4 Å². The molecule has 0 saturated carbocycles. The second kappa shape index (κ2) is 9.64. The van der Waals surface area contributed by atoms with E-state index < -0.39 is 5.25 Å². The molecule has 5 nitrogen and oxygen atoms in total. The standard InChI is InChI=1S/C23H21N3O2S3/c1-3-11-26-22(28)20-18(13-19(31-20)16-8-5-4-6-9-16)25-23(26)30-15(2)21(27)24-14-17-10-7-12-29-17/h3-10,12-13,15H,1,11,14H2,2H3,(H,24,27). The normalized spacial score (nSPS) is 12.0. The molecule has 158 valence electrons. The van der Waals surface area contributed by atoms with Crippen molar-refractivity contribution in [2.75, 3.05) is 0 Å². The van der Waals surface area contributed by atoms with Crippen molar-refractivity contribution in [2.24, 2.45) is 0 Å². The molecule has 4 rings (SSSR count). The molecule has 0 aliphatic rings. The summed E-state index contributed by atoms with van der Waals surface area (Å²) in [5.74, 6) is -0.0896. The molecule has 0 aliphatic heterocycles. The average molecular weight is 468 g/mol. The van der Waals surface area contributed by atoms with E-state index in [2.05, 4.69) is 11.9 Å². The SMILES string of the molecule is C=CCn1c(SC(C)C(=O)NCc2cccs2)nc2cc(-c3ccccc3)sc2c1=O. The fourth-order valence-electron chi connectivity index (χ4n) is 3.06. The molecule has 0 fully saturated rings. The van der Waals surface area contributed by atoms with E-state index in [9.17, 15) is 9.59 Å². The van der Waals surface area contributed by atoms with E-state index in [1.54, 1.807) is 22.0 Å². The number of hydrogen-bond donors (Lipinski definition) is 1. The summed E-state index contributed by atoms with van der Waals surface area (Å²) in [6.45, 7) is 6.43. The molecule has 0 aliphatic carbocycles. The van der Waals surface area contributed by atoms with Gasteiger partial charge in [-0.2, -0.15) is 0 Å². The number of carbonyl (C=O) groups excluding carboxylic acids is 1. The van der Waals surface area contributed by atoms with Crippen molar-refractivity contribution in [3.8, 4) is 10.4 Å². The van der Waals surface area contributed by atoms with Gasteiger partial charge in [0.15, 0.2) is 5.16 Å². The minimum Gasteiger partial charge on any atom is -0.350 e. The van der Waals surface area contributed by atoms with Gasteiger partial charge in [0.05, 0.1) is 17.3 Å². The van der Waals surface area contributed by atoms with Crippen LogP contribution in [0.5, 0.6) is 0 Å². The van der Waals surface area contributed by atoms with Gasteiger partial charge in [0, 0.05) is 16.3 Å². The van der Waals surface area contributed by atoms with E-state index in [0.717, 1.165) is 15.3 Å². The maximum absolute atomic E-state index is 13.2. The molecule has 0 bridgehead atoms. The third kappa shape index (κ3) is 4.81. The smallest absolute Gasteiger partial charge is 0.272 e. The zero-order chi connectivity index (χ0) is 21.8. The van der Waals surface area contributed by atoms with E-state index >= 15 is 0 Å². The molecule has 1 unspecified atom stereocenters. The maximum Gasteiger partial charge on any atom is 0.272 e. The predicted molar refractivity (Wildman–Crippen MR) is 131 cm³/mol. The fraction of sp³-hybridized carbons (Fsp3) is 0.174. The summed E-state index contributed by atoms with van der Waals surface area (Å²) in [4.78, 5) is 32.6. The Hall–Kier alpha value is -2.68. The lowest BCUT2D eigenvalue weighted by Gasteiger charge is -2.14. The molecule has 0 radical (unpaired) electrons. The highest BCUT2D eigenvalue weighted by atomic mass is 32.2. The summed E-state index contributed by atoms with van der Waals surface area (Å²) >= 11 is 4.33. The van der Waals surface area contributed by atoms with Gasteiger partial charge in [-0.3, -0.25) is 14.2 Å². The van der Waals surface area contributed by atoms with E-state index in [1.165, 1.54) is 23.1 Å². The lowest BCUT2D eigenvalue weighted by atomic mass is 10.2. The van der Waals surface area contributed by atoms with Crippen molar-refractivity contribution < 1.29 is 4.79 Å². The third-order valence-electron chi connectivity index (χ3n) is 4.64. The van der Waals surface area contributed by atoms with Gasteiger partial charge < -0.3 is 5.32 Å². The molecule has 1 aromatic carbocycles. The lowest BCUT2D eigenvalue weighted by molar-refractivity contribution is -0.120. The van der Waals surface area contributed by atoms with Gasteiger partial charge in [-0.05, 0) is 30.0 Å². The molecule has 8 heteroatoms. The number of carbonyl (C=O) groups is 1. The number of fused-ring (bicyclic) bond motifs is 1. The highest BCUT2D eigenvalue weighted by Crippen LogP contribution is 2.32. The molecule has 4 aromatic rings. The van der Waals surface area contributed by atoms with Gasteiger partial charge in [0.25, 0.3) is 5.56 Å². The van der Waals surface area contributed by atoms with Gasteiger partial charge in [-0.15, -0.1) is 29.3 Å². The van der Waals surface area contributed by atoms with Crippen LogP contribution in [-0.4, -0.2) is 20.7 Å². The van der Waals surface area contributed by atoms with Crippen LogP contribution in [0.1, 0.15) is 11.8 Å². The van der Waals surface area contributed by atoms with E-state index in [4.69, 9.17) is 4.98 Å². The van der Waals surface area contributed by atoms with E-state index in [-0.39, 0.29) is 11.5 Å². The zero-order valence-electron chi connectivity index (χ0n) is 16.9. The Morgan fingerprint density at radius 3 is 2.81 bits per heavy atom. The summed E-state index contributed by atoms with van der Waals surface area (Å²) in [6.07, 6.45) is 1.67. The Morgan fingerprint density at radius 2 is 2.10 bits per heavy atom. The number of aromatic nitrogens is 2. The van der Waals surface area contributed by atoms with Crippen LogP contribution in [-0.2, 0) is 17.9 Å². The predicted octanol–water partition coefficient (Wildman–Crippen LogP) is 5.17. The monoisotopic (exact) mass is 467 g/mol. The quantitative estimate of drug-likeness (QED) is 0.221. The van der Waals surface area contributed by atoms with Crippen molar-refractivity contribution in [1.82, 2.24) is 14.9 Å². The summed E-state index contributed by atoms with van der Waals surface area (Å²) in [5, 5.41) is 5.06. The first-order valence-corrected chi connectivity index (χ1v) is 12.3. The molecule has 1 N–H and O–H groups in total. The van der Waals surface area contributed by atoms with Gasteiger partial charge in [-0.1, -0.05) is 54.2 Å². The van der Waals surface area contributed by atoms with Crippen molar-refractivity contribution in [3.05, 3.63) is 81.8 Å². The van der Waals surface area contributed by atoms with Gasteiger partial charge >= 0.3 is 0 Å². The summed E-state index contributed by atoms with van der Waals surface area (Å²) in [7, 11) is 0. The molecule has 0 spiro atoms. The summed E-state index contributed by atoms with van der Waals surface area (Å²) in [5.41, 5.74) is 1.60. The Labute approximate surface area is 192 Å². The minimum absolute atomic E-state index is 0.0896. The van der Waals surface area contributed by atoms with Crippen molar-refractivity contribution in [3.63, 3.8) is 0 Å². The number of benzene rings is 1. The Balaban J connectivity index is 1.62. The van der Waals surface area contributed by atoms with Crippen LogP contribution in [0.25, 0.3) is 20.7 Å². The number of hydrogen-bond acceptors (Lipinski definition) is 6. The molecule has 31 heavy (non-hydrogen) atoms. The minimum atomic E-state index is -0.396. The first-order chi connectivity index (χ1) is 15.1. The number of nitrogens with zero attached hydrogens (tertiary/aromatic N) is 2. The van der Waals surface area contributed by atoms with Crippen molar-refractivity contribution >= 4 is 50.6 Å². The molecule has 1 atom stereocenters. The molecule has 3 heterocycles. The Kier molecular flexibility index (Phi) is 6.70. The van der Waals surface area contributed by atoms with Gasteiger partial charge in [0.1, 0.15) is 4.70 Å². The highest BCUT2D eigenvalue weighted by Gasteiger charge is 2.20. The molecule has 1 amide bonds. The largest absolute Gasteiger partial charge is 0.350 e. The first kappa shape index (κ1) is 21.5. The van der Waals surface area contributed by atoms with Crippen LogP contribution in [0.2, 0.25) is 0 Å². The van der Waals surface area contributed by atoms with E-state index in [0.29, 0.717) is 28.5 Å². The van der Waals surface area contributed by atoms with Crippen LogP contribution < -0.4 is 10.9 Å². The fourth-order valence-corrected chi connectivity index (χ4v) is 5.70. The Bertz CT molecular complexity index is 1260. The second-order valence-corrected chi connectivity index (χ2v) is 10.2. The van der Waals surface area contributed by atoms with Crippen LogP contribution in [0.3, 0.4) is 0 Å². The van der Waals surface area contributed by atoms with E-state index in [1.807, 2.05) is 60.8 Å². The molecule has 3 aromatic heterocycles. The number of thioether (sulfide) groups is 1. The second-order valence-electron chi connectivity index (χ2n) is 6.85. The zero-order valence-corrected chi connectivity index (χ0v) is 19.4. The molecular formula is C23H21N3O2S3. The maximum atomic E-state index is 13.2. The molecule has 0 saturated heterocycles. The topological polar surface area (TPSA) is 64.0 Å².